The van der Waals surface area contributed by atoms with Crippen LogP contribution in [0.5, 0.6) is 0 Å². The van der Waals surface area contributed by atoms with Crippen molar-refractivity contribution in [3.63, 3.8) is 0 Å². The van der Waals surface area contributed by atoms with E-state index in [9.17, 15) is 31.2 Å². The molecule has 3 aromatic heterocycles. The summed E-state index contributed by atoms with van der Waals surface area (Å²) in [6, 6.07) is 16.8. The van der Waals surface area contributed by atoms with Gasteiger partial charge in [-0.05, 0) is 136 Å². The van der Waals surface area contributed by atoms with Crippen molar-refractivity contribution in [1.82, 2.24) is 29.7 Å². The van der Waals surface area contributed by atoms with Gasteiger partial charge in [-0.2, -0.15) is 8.42 Å². The second-order valence-corrected chi connectivity index (χ2v) is 29.9. The van der Waals surface area contributed by atoms with Crippen LogP contribution in [0.3, 0.4) is 0 Å². The monoisotopic (exact) mass is 1180 g/mol. The summed E-state index contributed by atoms with van der Waals surface area (Å²) in [4.78, 5) is 55.5. The number of likely N-dealkylation sites (tertiary alicyclic amines) is 3. The van der Waals surface area contributed by atoms with Crippen molar-refractivity contribution in [2.75, 3.05) is 62.7 Å². The van der Waals surface area contributed by atoms with E-state index in [1.165, 1.54) is 48.7 Å². The molecule has 9 rings (SSSR count). The minimum Gasteiger partial charge on any atom is -0.444 e. The number of amides is 3. The number of thiol groups is 1. The average molecular weight is 1180 g/mol. The van der Waals surface area contributed by atoms with Gasteiger partial charge in [0.2, 0.25) is 0 Å². The molecule has 0 spiro atoms. The Balaban J connectivity index is 0.000000171. The molecule has 3 aliphatic rings. The Labute approximate surface area is 465 Å². The highest BCUT2D eigenvalue weighted by Gasteiger charge is 2.38. The smallest absolute Gasteiger partial charge is 0.410 e. The van der Waals surface area contributed by atoms with Crippen molar-refractivity contribution in [1.29, 1.82) is 0 Å². The largest absolute Gasteiger partial charge is 0.444 e. The lowest BCUT2D eigenvalue weighted by Crippen LogP contribution is -2.36. The molecule has 27 heteroatoms. The van der Waals surface area contributed by atoms with Gasteiger partial charge in [0.1, 0.15) is 16.8 Å². The minimum absolute atomic E-state index is 0.139. The van der Waals surface area contributed by atoms with E-state index >= 15 is 0 Å². The number of fused-ring (bicyclic) bond motifs is 3. The molecule has 3 atom stereocenters. The van der Waals surface area contributed by atoms with Crippen LogP contribution >= 0.6 is 58.4 Å². The summed E-state index contributed by atoms with van der Waals surface area (Å²) in [5, 5.41) is 1.37. The number of hydrogen-bond acceptors (Lipinski definition) is 22. The molecule has 76 heavy (non-hydrogen) atoms. The van der Waals surface area contributed by atoms with E-state index in [-0.39, 0.29) is 24.1 Å². The van der Waals surface area contributed by atoms with Crippen LogP contribution in [0.25, 0.3) is 30.6 Å². The summed E-state index contributed by atoms with van der Waals surface area (Å²) in [6.07, 6.45) is 1.30. The number of aromatic nitrogens is 3. The molecule has 3 fully saturated rings. The van der Waals surface area contributed by atoms with Crippen molar-refractivity contribution in [3.05, 3.63) is 54.6 Å². The highest BCUT2D eigenvalue weighted by molar-refractivity contribution is 8.00. The maximum Gasteiger partial charge on any atom is 0.410 e. The lowest BCUT2D eigenvalue weighted by molar-refractivity contribution is 0.0271. The van der Waals surface area contributed by atoms with Crippen molar-refractivity contribution >= 4 is 143 Å². The van der Waals surface area contributed by atoms with Crippen LogP contribution in [0.1, 0.15) is 81.6 Å². The number of rotatable bonds is 6. The fraction of sp³-hybridized carbons (Fsp3) is 0.510. The third-order valence-corrected chi connectivity index (χ3v) is 17.8. The van der Waals surface area contributed by atoms with Crippen LogP contribution in [0.15, 0.2) is 69.3 Å². The highest BCUT2D eigenvalue weighted by Crippen LogP contribution is 2.35. The molecule has 20 nitrogen and oxygen atoms in total. The van der Waals surface area contributed by atoms with E-state index in [0.29, 0.717) is 52.1 Å². The maximum absolute atomic E-state index is 12.9. The van der Waals surface area contributed by atoms with Crippen molar-refractivity contribution in [3.8, 4) is 0 Å². The lowest BCUT2D eigenvalue weighted by atomic mass is 10.2. The van der Waals surface area contributed by atoms with E-state index in [1.54, 1.807) is 76.4 Å². The van der Waals surface area contributed by atoms with Gasteiger partial charge >= 0.3 is 18.3 Å². The van der Waals surface area contributed by atoms with E-state index in [0.717, 1.165) is 55.8 Å². The Morgan fingerprint density at radius 1 is 0.605 bits per heavy atom. The van der Waals surface area contributed by atoms with Crippen LogP contribution in [0.2, 0.25) is 0 Å². The molecule has 3 aromatic carbocycles. The van der Waals surface area contributed by atoms with Gasteiger partial charge in [0, 0.05) is 47.8 Å². The van der Waals surface area contributed by atoms with Crippen LogP contribution in [0, 0.1) is 0 Å². The molecule has 0 unspecified atom stereocenters. The first-order valence-corrected chi connectivity index (χ1v) is 31.2. The summed E-state index contributed by atoms with van der Waals surface area (Å²) in [5.41, 5.74) is 17.9. The molecular weight excluding hydrogens is 1120 g/mol. The summed E-state index contributed by atoms with van der Waals surface area (Å²) >= 11 is 10.3. The van der Waals surface area contributed by atoms with Crippen LogP contribution in [-0.4, -0.2) is 144 Å². The van der Waals surface area contributed by atoms with E-state index in [2.05, 4.69) is 39.7 Å². The molecule has 0 aliphatic carbocycles. The van der Waals surface area contributed by atoms with E-state index in [4.69, 9.17) is 35.6 Å². The number of thioether (sulfide) groups is 1. The van der Waals surface area contributed by atoms with Gasteiger partial charge in [-0.15, -0.1) is 24.4 Å². The number of nitrogen functional groups attached to an aromatic ring is 3. The standard InChI is InChI=1S/C16H21N3O4S2.C16H21N3O2S2.C10H19NO5S.C7H6N2S2/c1-16(2,3)23-15(20)19-7-6-11(9-19)25(21,22)10-4-5-12-13(8-10)24-14(17)18-12;1-16(2,3)21-15(20)19-7-6-11(9-19)22-10-4-5-12-13(8-10)23-14(17)18-12;1-10(2,3)15-9(12)11-6-5-8(7-11)16-17(4,13)14;8-7-9-5-2-1-4(10)3-6(5)11-7/h4-5,8,11H,6-7,9H2,1-3H3,(H2,17,18);4-5,8,11H,6-7,9H2,1-3H3,(H2,17,18);8H,5-7H2,1-4H3;1-3,10H,(H2,8,9)/t2*11-;8-;/m110./s1. The third kappa shape index (κ3) is 18.1. The summed E-state index contributed by atoms with van der Waals surface area (Å²) in [7, 11) is -7.01. The Morgan fingerprint density at radius 3 is 1.55 bits per heavy atom. The van der Waals surface area contributed by atoms with Crippen LogP contribution in [0.4, 0.5) is 29.8 Å². The molecule has 6 aromatic rings. The van der Waals surface area contributed by atoms with Crippen LogP contribution in [-0.2, 0) is 38.3 Å². The van der Waals surface area contributed by atoms with Gasteiger partial charge < -0.3 is 46.1 Å². The summed E-state index contributed by atoms with van der Waals surface area (Å²) < 4.78 is 71.4. The number of hydrogen-bond donors (Lipinski definition) is 4. The molecule has 6 N–H and O–H groups in total. The topological polar surface area (TPSA) is 283 Å². The summed E-state index contributed by atoms with van der Waals surface area (Å²) in [6.45, 7) is 19.1. The maximum atomic E-state index is 12.9. The first-order chi connectivity index (χ1) is 35.2. The number of benzene rings is 3. The van der Waals surface area contributed by atoms with Gasteiger partial charge in [0.05, 0.1) is 59.7 Å². The Morgan fingerprint density at radius 2 is 1.04 bits per heavy atom. The van der Waals surface area contributed by atoms with E-state index in [1.807, 2.05) is 45.0 Å². The second-order valence-electron chi connectivity index (χ2n) is 21.0. The third-order valence-electron chi connectivity index (χ3n) is 10.9. The average Bonchev–Trinajstić information content (AvgIpc) is 4.14. The number of anilines is 3. The van der Waals surface area contributed by atoms with Crippen LogP contribution < -0.4 is 17.2 Å². The highest BCUT2D eigenvalue weighted by atomic mass is 32.2. The molecular formula is C49H67N9O11S7. The Kier molecular flexibility index (Phi) is 19.4. The number of nitrogens with two attached hydrogens (primary N) is 3. The number of thiazole rings is 3. The molecule has 0 radical (unpaired) electrons. The van der Waals surface area contributed by atoms with Gasteiger partial charge in [-0.1, -0.05) is 34.0 Å². The van der Waals surface area contributed by atoms with Crippen molar-refractivity contribution in [2.45, 2.75) is 130 Å². The predicted octanol–water partition coefficient (Wildman–Crippen LogP) is 9.78. The zero-order valence-electron chi connectivity index (χ0n) is 44.1. The Bertz CT molecular complexity index is 3260. The normalized spacial score (nSPS) is 18.1. The quantitative estimate of drug-likeness (QED) is 0.0685. The van der Waals surface area contributed by atoms with Gasteiger partial charge in [-0.25, -0.2) is 37.8 Å². The molecule has 3 amide bonds. The number of carbonyl (C=O) groups is 3. The zero-order chi connectivity index (χ0) is 56.1. The van der Waals surface area contributed by atoms with Gasteiger partial charge in [0.15, 0.2) is 25.2 Å². The predicted molar refractivity (Wildman–Crippen MR) is 307 cm³/mol. The molecule has 0 saturated carbocycles. The first-order valence-electron chi connectivity index (χ1n) is 24.1. The fourth-order valence-electron chi connectivity index (χ4n) is 7.75. The number of nitrogens with zero attached hydrogens (tertiary/aromatic N) is 6. The number of sulfone groups is 1. The SMILES string of the molecule is CC(C)(C)OC(=O)N1CC[C@@H](S(=O)(=O)c2ccc3nc(N)sc3c2)C1.CC(C)(C)OC(=O)N1CC[C@@H](Sc2ccc3nc(N)sc3c2)C1.CC(C)(C)OC(=O)N1CC[C@H](OS(C)(=O)=O)C1.Nc1nc2ccc(S)cc2s1. The second kappa shape index (κ2) is 24.4. The molecule has 6 heterocycles. The molecule has 0 bridgehead atoms. The lowest BCUT2D eigenvalue weighted by Gasteiger charge is -2.24. The Hall–Kier alpha value is -4.90. The molecule has 3 saturated heterocycles. The fourth-order valence-corrected chi connectivity index (χ4v) is 14.1. The van der Waals surface area contributed by atoms with Crippen molar-refractivity contribution < 1.29 is 49.6 Å². The molecule has 416 valence electrons. The number of ether oxygens (including phenoxy) is 3. The van der Waals surface area contributed by atoms with Gasteiger partial charge in [-0.3, -0.25) is 4.18 Å². The summed E-state index contributed by atoms with van der Waals surface area (Å²) in [5.74, 6) is 0. The minimum atomic E-state index is -3.54. The van der Waals surface area contributed by atoms with Crippen molar-refractivity contribution in [2.24, 2.45) is 0 Å². The number of carbonyl (C=O) groups excluding carboxylic acids is 3. The first kappa shape index (κ1) is 60.3. The zero-order valence-corrected chi connectivity index (χ0v) is 49.9. The molecule has 3 aliphatic heterocycles. The van der Waals surface area contributed by atoms with E-state index < -0.39 is 60.3 Å². The van der Waals surface area contributed by atoms with Gasteiger partial charge in [0.25, 0.3) is 10.1 Å².